The average Bonchev–Trinajstić information content (AvgIpc) is 3.16. The zero-order valence-electron chi connectivity index (χ0n) is 20.3. The van der Waals surface area contributed by atoms with Crippen LogP contribution in [0.4, 0.5) is 11.4 Å². The zero-order chi connectivity index (χ0) is 26.1. The number of imide groups is 1. The van der Waals surface area contributed by atoms with Crippen LogP contribution in [0.3, 0.4) is 0 Å². The number of ether oxygens (including phenoxy) is 2. The number of amides is 4. The molecule has 37 heavy (non-hydrogen) atoms. The van der Waals surface area contributed by atoms with Gasteiger partial charge in [-0.1, -0.05) is 30.3 Å². The van der Waals surface area contributed by atoms with Gasteiger partial charge in [0.05, 0.1) is 23.4 Å². The Morgan fingerprint density at radius 2 is 1.62 bits per heavy atom. The third kappa shape index (κ3) is 4.51. The van der Waals surface area contributed by atoms with Crippen LogP contribution in [0.25, 0.3) is 0 Å². The van der Waals surface area contributed by atoms with Gasteiger partial charge in [-0.15, -0.1) is 0 Å². The minimum absolute atomic E-state index is 0.194. The van der Waals surface area contributed by atoms with E-state index in [4.69, 9.17) is 9.47 Å². The van der Waals surface area contributed by atoms with Gasteiger partial charge in [-0.05, 0) is 50.2 Å². The highest BCUT2D eigenvalue weighted by atomic mass is 16.5. The third-order valence-corrected chi connectivity index (χ3v) is 6.35. The van der Waals surface area contributed by atoms with Crippen molar-refractivity contribution >= 4 is 35.0 Å². The van der Waals surface area contributed by atoms with Crippen molar-refractivity contribution in [3.63, 3.8) is 0 Å². The summed E-state index contributed by atoms with van der Waals surface area (Å²) < 4.78 is 11.5. The summed E-state index contributed by atoms with van der Waals surface area (Å²) in [4.78, 5) is 53.8. The van der Waals surface area contributed by atoms with E-state index < -0.39 is 29.9 Å². The first-order valence-corrected chi connectivity index (χ1v) is 11.9. The molecule has 0 spiro atoms. The predicted octanol–water partition coefficient (Wildman–Crippen LogP) is 3.50. The van der Waals surface area contributed by atoms with Crippen LogP contribution < -0.4 is 19.7 Å². The van der Waals surface area contributed by atoms with Crippen molar-refractivity contribution < 1.29 is 28.7 Å². The first-order valence-electron chi connectivity index (χ1n) is 11.9. The Morgan fingerprint density at radius 3 is 2.30 bits per heavy atom. The summed E-state index contributed by atoms with van der Waals surface area (Å²) in [7, 11) is 0. The van der Waals surface area contributed by atoms with Gasteiger partial charge in [-0.3, -0.25) is 24.1 Å². The number of nitrogens with zero attached hydrogens (tertiary/aromatic N) is 2. The Morgan fingerprint density at radius 1 is 0.973 bits per heavy atom. The Bertz CT molecular complexity index is 1350. The van der Waals surface area contributed by atoms with Gasteiger partial charge in [0.25, 0.3) is 17.7 Å². The fourth-order valence-corrected chi connectivity index (χ4v) is 4.41. The second kappa shape index (κ2) is 9.77. The Balaban J connectivity index is 1.28. The number of fused-ring (bicyclic) bond motifs is 2. The van der Waals surface area contributed by atoms with Crippen molar-refractivity contribution in [2.45, 2.75) is 26.0 Å². The smallest absolute Gasteiger partial charge is 0.267 e. The lowest BCUT2D eigenvalue weighted by atomic mass is 10.1. The minimum Gasteiger partial charge on any atom is -0.492 e. The molecular formula is C28H25N3O6. The van der Waals surface area contributed by atoms with Gasteiger partial charge in [0.2, 0.25) is 5.91 Å². The van der Waals surface area contributed by atoms with Crippen LogP contribution in [-0.4, -0.2) is 53.8 Å². The maximum atomic E-state index is 13.0. The number of para-hydroxylation sites is 1. The largest absolute Gasteiger partial charge is 0.492 e. The van der Waals surface area contributed by atoms with E-state index >= 15 is 0 Å². The molecule has 1 N–H and O–H groups in total. The summed E-state index contributed by atoms with van der Waals surface area (Å²) in [6.45, 7) is 3.77. The molecule has 2 aliphatic rings. The summed E-state index contributed by atoms with van der Waals surface area (Å²) in [6, 6.07) is 19.7. The Hall–Kier alpha value is -4.66. The zero-order valence-corrected chi connectivity index (χ0v) is 20.3. The second-order valence-electron chi connectivity index (χ2n) is 8.79. The van der Waals surface area contributed by atoms with E-state index in [0.29, 0.717) is 29.4 Å². The monoisotopic (exact) mass is 499 g/mol. The summed E-state index contributed by atoms with van der Waals surface area (Å²) in [5.41, 5.74) is 1.54. The number of anilines is 2. The molecule has 3 aromatic rings. The summed E-state index contributed by atoms with van der Waals surface area (Å²) >= 11 is 0. The number of carbonyl (C=O) groups is 4. The molecule has 2 atom stereocenters. The van der Waals surface area contributed by atoms with E-state index in [0.717, 1.165) is 4.90 Å². The molecule has 0 aromatic heterocycles. The molecule has 0 aliphatic carbocycles. The number of hydrogen-bond donors (Lipinski definition) is 1. The molecule has 9 heteroatoms. The summed E-state index contributed by atoms with van der Waals surface area (Å²) in [6.07, 6.45) is -0.715. The number of nitrogens with one attached hydrogen (secondary N) is 1. The van der Waals surface area contributed by atoms with Crippen LogP contribution in [0.2, 0.25) is 0 Å². The molecule has 0 saturated carbocycles. The molecule has 2 unspecified atom stereocenters. The van der Waals surface area contributed by atoms with Gasteiger partial charge in [-0.25, -0.2) is 0 Å². The molecule has 5 rings (SSSR count). The molecular weight excluding hydrogens is 474 g/mol. The average molecular weight is 500 g/mol. The van der Waals surface area contributed by atoms with Crippen molar-refractivity contribution in [2.24, 2.45) is 0 Å². The van der Waals surface area contributed by atoms with E-state index in [9.17, 15) is 19.2 Å². The molecule has 188 valence electrons. The highest BCUT2D eigenvalue weighted by molar-refractivity contribution is 6.23. The van der Waals surface area contributed by atoms with Crippen molar-refractivity contribution in [3.05, 3.63) is 83.9 Å². The van der Waals surface area contributed by atoms with E-state index in [-0.39, 0.29) is 23.6 Å². The lowest BCUT2D eigenvalue weighted by molar-refractivity contribution is -0.125. The van der Waals surface area contributed by atoms with Crippen LogP contribution >= 0.6 is 0 Å². The first-order chi connectivity index (χ1) is 17.8. The van der Waals surface area contributed by atoms with Crippen LogP contribution in [0.15, 0.2) is 72.8 Å². The van der Waals surface area contributed by atoms with Crippen molar-refractivity contribution in [1.29, 1.82) is 0 Å². The molecule has 0 fully saturated rings. The van der Waals surface area contributed by atoms with Gasteiger partial charge in [0.1, 0.15) is 24.1 Å². The Labute approximate surface area is 213 Å². The molecule has 2 heterocycles. The van der Waals surface area contributed by atoms with Crippen LogP contribution in [0.1, 0.15) is 34.6 Å². The SMILES string of the molecule is CC1Oc2cc(NC(=O)C(C)N3C(=O)c4ccccc4C3=O)ccc2N(CCOc2ccccc2)C1=O. The standard InChI is InChI=1S/C28H25N3O6/c1-17(31-27(34)21-10-6-7-11-22(21)28(31)35)25(32)29-19-12-13-23-24(16-19)37-18(2)26(33)30(23)14-15-36-20-8-4-3-5-9-20/h3-13,16-18H,14-15H2,1-2H3,(H,29,32). The normalized spacial score (nSPS) is 17.1. The van der Waals surface area contributed by atoms with Crippen LogP contribution in [-0.2, 0) is 9.59 Å². The lowest BCUT2D eigenvalue weighted by Gasteiger charge is -2.33. The fraction of sp³-hybridized carbons (Fsp3) is 0.214. The van der Waals surface area contributed by atoms with Crippen molar-refractivity contribution in [1.82, 2.24) is 4.90 Å². The molecule has 0 saturated heterocycles. The molecule has 3 aromatic carbocycles. The maximum Gasteiger partial charge on any atom is 0.267 e. The van der Waals surface area contributed by atoms with Gasteiger partial charge in [0, 0.05) is 11.8 Å². The van der Waals surface area contributed by atoms with E-state index in [1.807, 2.05) is 30.3 Å². The van der Waals surface area contributed by atoms with Gasteiger partial charge in [0.15, 0.2) is 6.10 Å². The van der Waals surface area contributed by atoms with E-state index in [1.54, 1.807) is 54.3 Å². The van der Waals surface area contributed by atoms with E-state index in [2.05, 4.69) is 5.32 Å². The number of carbonyl (C=O) groups excluding carboxylic acids is 4. The van der Waals surface area contributed by atoms with Gasteiger partial charge in [-0.2, -0.15) is 0 Å². The maximum absolute atomic E-state index is 13.0. The number of hydrogen-bond acceptors (Lipinski definition) is 6. The topological polar surface area (TPSA) is 105 Å². The first kappa shape index (κ1) is 24.1. The second-order valence-corrected chi connectivity index (χ2v) is 8.79. The molecule has 0 radical (unpaired) electrons. The quantitative estimate of drug-likeness (QED) is 0.499. The fourth-order valence-electron chi connectivity index (χ4n) is 4.41. The van der Waals surface area contributed by atoms with Gasteiger partial charge >= 0.3 is 0 Å². The summed E-state index contributed by atoms with van der Waals surface area (Å²) in [5.74, 6) is -0.585. The molecule has 4 amide bonds. The van der Waals surface area contributed by atoms with Crippen LogP contribution in [0.5, 0.6) is 11.5 Å². The highest BCUT2D eigenvalue weighted by Crippen LogP contribution is 2.36. The minimum atomic E-state index is -1.03. The van der Waals surface area contributed by atoms with Crippen molar-refractivity contribution in [2.75, 3.05) is 23.4 Å². The van der Waals surface area contributed by atoms with Crippen molar-refractivity contribution in [3.8, 4) is 11.5 Å². The molecule has 9 nitrogen and oxygen atoms in total. The molecule has 2 aliphatic heterocycles. The number of benzene rings is 3. The number of rotatable bonds is 7. The third-order valence-electron chi connectivity index (χ3n) is 6.35. The highest BCUT2D eigenvalue weighted by Gasteiger charge is 2.40. The summed E-state index contributed by atoms with van der Waals surface area (Å²) in [5, 5.41) is 2.75. The van der Waals surface area contributed by atoms with Gasteiger partial charge < -0.3 is 19.7 Å². The molecule has 0 bridgehead atoms. The van der Waals surface area contributed by atoms with E-state index in [1.165, 1.54) is 6.92 Å². The lowest BCUT2D eigenvalue weighted by Crippen LogP contribution is -2.46. The van der Waals surface area contributed by atoms with Crippen LogP contribution in [0, 0.1) is 0 Å². The predicted molar refractivity (Wildman–Crippen MR) is 136 cm³/mol. The Kier molecular flexibility index (Phi) is 6.35.